The number of halogens is 2. The van der Waals surface area contributed by atoms with E-state index in [0.717, 1.165) is 26.2 Å². The number of nitrogens with zero attached hydrogens (tertiary/aromatic N) is 3. The first-order chi connectivity index (χ1) is 8.97. The van der Waals surface area contributed by atoms with Gasteiger partial charge in [-0.2, -0.15) is 0 Å². The Hall–Kier alpha value is -0.490. The van der Waals surface area contributed by atoms with Gasteiger partial charge in [0.1, 0.15) is 5.15 Å². The van der Waals surface area contributed by atoms with Crippen molar-refractivity contribution in [2.75, 3.05) is 39.8 Å². The highest BCUT2D eigenvalue weighted by molar-refractivity contribution is 9.10. The fourth-order valence-corrected chi connectivity index (χ4v) is 2.63. The second kappa shape index (κ2) is 6.31. The normalized spacial score (nSPS) is 17.7. The highest BCUT2D eigenvalue weighted by Gasteiger charge is 2.19. The summed E-state index contributed by atoms with van der Waals surface area (Å²) in [6.07, 6.45) is 0. The number of Topliss-reactive ketones (excluding diaryl/α,β-unsaturated/α-hetero) is 1. The molecule has 0 saturated carbocycles. The average Bonchev–Trinajstić information content (AvgIpc) is 2.36. The molecule has 2 heterocycles. The molecule has 1 saturated heterocycles. The summed E-state index contributed by atoms with van der Waals surface area (Å²) in [5.41, 5.74) is 1.34. The standard InChI is InChI=1S/C13H17BrClN3O/c1-9-10(7-11(14)13(15)16-9)12(19)8-18-5-3-17(2)4-6-18/h7H,3-6,8H2,1-2H3. The maximum absolute atomic E-state index is 12.3. The lowest BCUT2D eigenvalue weighted by molar-refractivity contribution is 0.0875. The molecule has 0 bridgehead atoms. The van der Waals surface area contributed by atoms with Gasteiger partial charge in [0, 0.05) is 37.4 Å². The molecule has 0 spiro atoms. The average molecular weight is 347 g/mol. The third-order valence-electron chi connectivity index (χ3n) is 3.39. The Labute approximate surface area is 126 Å². The summed E-state index contributed by atoms with van der Waals surface area (Å²) in [5.74, 6) is 0.104. The molecule has 0 unspecified atom stereocenters. The Bertz CT molecular complexity index is 487. The van der Waals surface area contributed by atoms with E-state index in [1.165, 1.54) is 0 Å². The first-order valence-electron chi connectivity index (χ1n) is 6.24. The van der Waals surface area contributed by atoms with Gasteiger partial charge in [0.2, 0.25) is 0 Å². The fourth-order valence-electron chi connectivity index (χ4n) is 2.13. The lowest BCUT2D eigenvalue weighted by atomic mass is 10.1. The number of hydrogen-bond acceptors (Lipinski definition) is 4. The van der Waals surface area contributed by atoms with Crippen LogP contribution in [0.1, 0.15) is 16.1 Å². The first kappa shape index (κ1) is 14.9. The van der Waals surface area contributed by atoms with Crippen LogP contribution in [0.15, 0.2) is 10.5 Å². The molecule has 1 aromatic rings. The second-order valence-corrected chi connectivity index (χ2v) is 6.11. The van der Waals surface area contributed by atoms with Gasteiger partial charge in [-0.3, -0.25) is 9.69 Å². The van der Waals surface area contributed by atoms with Crippen LogP contribution in [0.3, 0.4) is 0 Å². The van der Waals surface area contributed by atoms with Crippen LogP contribution in [0, 0.1) is 6.92 Å². The van der Waals surface area contributed by atoms with E-state index in [1.54, 1.807) is 6.07 Å². The largest absolute Gasteiger partial charge is 0.304 e. The van der Waals surface area contributed by atoms with Crippen molar-refractivity contribution >= 4 is 33.3 Å². The molecule has 1 aromatic heterocycles. The molecular weight excluding hydrogens is 330 g/mol. The molecule has 0 amide bonds. The molecule has 1 aliphatic heterocycles. The number of aryl methyl sites for hydroxylation is 1. The summed E-state index contributed by atoms with van der Waals surface area (Å²) in [4.78, 5) is 20.9. The molecule has 1 aliphatic rings. The molecule has 19 heavy (non-hydrogen) atoms. The Kier molecular flexibility index (Phi) is 4.95. The number of pyridine rings is 1. The van der Waals surface area contributed by atoms with Gasteiger partial charge in [-0.05, 0) is 36.0 Å². The van der Waals surface area contributed by atoms with Crippen molar-refractivity contribution in [2.24, 2.45) is 0 Å². The van der Waals surface area contributed by atoms with Gasteiger partial charge in [-0.25, -0.2) is 4.98 Å². The molecule has 0 atom stereocenters. The first-order valence-corrected chi connectivity index (χ1v) is 7.41. The minimum absolute atomic E-state index is 0.104. The second-order valence-electron chi connectivity index (χ2n) is 4.90. The SMILES string of the molecule is Cc1nc(Cl)c(Br)cc1C(=O)CN1CCN(C)CC1. The number of carbonyl (C=O) groups is 1. The van der Waals surface area contributed by atoms with Crippen molar-refractivity contribution in [2.45, 2.75) is 6.92 Å². The highest BCUT2D eigenvalue weighted by Crippen LogP contribution is 2.23. The number of aromatic nitrogens is 1. The zero-order valence-electron chi connectivity index (χ0n) is 11.1. The Morgan fingerprint density at radius 2 is 2.05 bits per heavy atom. The van der Waals surface area contributed by atoms with Gasteiger partial charge in [-0.15, -0.1) is 0 Å². The lowest BCUT2D eigenvalue weighted by Gasteiger charge is -2.31. The van der Waals surface area contributed by atoms with Gasteiger partial charge in [-0.1, -0.05) is 11.6 Å². The van der Waals surface area contributed by atoms with Crippen LogP contribution in [0.2, 0.25) is 5.15 Å². The Balaban J connectivity index is 2.06. The third-order valence-corrected chi connectivity index (χ3v) is 4.51. The van der Waals surface area contributed by atoms with Crippen LogP contribution < -0.4 is 0 Å². The number of ketones is 1. The Morgan fingerprint density at radius 3 is 2.68 bits per heavy atom. The molecule has 0 aromatic carbocycles. The number of hydrogen-bond donors (Lipinski definition) is 0. The van der Waals surface area contributed by atoms with Crippen molar-refractivity contribution in [3.05, 3.63) is 26.9 Å². The van der Waals surface area contributed by atoms with Crippen molar-refractivity contribution in [1.82, 2.24) is 14.8 Å². The van der Waals surface area contributed by atoms with E-state index in [9.17, 15) is 4.79 Å². The summed E-state index contributed by atoms with van der Waals surface area (Å²) in [6, 6.07) is 1.77. The van der Waals surface area contributed by atoms with Gasteiger partial charge >= 0.3 is 0 Å². The van der Waals surface area contributed by atoms with Crippen molar-refractivity contribution in [3.8, 4) is 0 Å². The van der Waals surface area contributed by atoms with E-state index in [4.69, 9.17) is 11.6 Å². The van der Waals surface area contributed by atoms with Crippen molar-refractivity contribution < 1.29 is 4.79 Å². The molecule has 6 heteroatoms. The smallest absolute Gasteiger partial charge is 0.178 e. The highest BCUT2D eigenvalue weighted by atomic mass is 79.9. The van der Waals surface area contributed by atoms with Crippen LogP contribution in [0.5, 0.6) is 0 Å². The van der Waals surface area contributed by atoms with Crippen LogP contribution in [0.4, 0.5) is 0 Å². The van der Waals surface area contributed by atoms with Crippen LogP contribution in [-0.4, -0.2) is 60.3 Å². The predicted molar refractivity (Wildman–Crippen MR) is 80.0 cm³/mol. The predicted octanol–water partition coefficient (Wildman–Crippen LogP) is 2.24. The number of piperazine rings is 1. The van der Waals surface area contributed by atoms with Gasteiger partial charge in [0.05, 0.1) is 11.0 Å². The van der Waals surface area contributed by atoms with Crippen LogP contribution in [0.25, 0.3) is 0 Å². The number of carbonyl (C=O) groups excluding carboxylic acids is 1. The summed E-state index contributed by atoms with van der Waals surface area (Å²) in [7, 11) is 2.10. The van der Waals surface area contributed by atoms with Gasteiger partial charge < -0.3 is 4.90 Å². The summed E-state index contributed by atoms with van der Waals surface area (Å²) in [6.45, 7) is 6.15. The van der Waals surface area contributed by atoms with Crippen LogP contribution >= 0.6 is 27.5 Å². The van der Waals surface area contributed by atoms with Crippen molar-refractivity contribution in [3.63, 3.8) is 0 Å². The van der Waals surface area contributed by atoms with Gasteiger partial charge in [0.15, 0.2) is 5.78 Å². The topological polar surface area (TPSA) is 36.4 Å². The maximum Gasteiger partial charge on any atom is 0.178 e. The van der Waals surface area contributed by atoms with E-state index < -0.39 is 0 Å². The van der Waals surface area contributed by atoms with Crippen molar-refractivity contribution in [1.29, 1.82) is 0 Å². The zero-order valence-corrected chi connectivity index (χ0v) is 13.5. The quantitative estimate of drug-likeness (QED) is 0.621. The van der Waals surface area contributed by atoms with E-state index >= 15 is 0 Å². The molecule has 0 N–H and O–H groups in total. The van der Waals surface area contributed by atoms with E-state index in [-0.39, 0.29) is 5.78 Å². The van der Waals surface area contributed by atoms with E-state index in [1.807, 2.05) is 6.92 Å². The molecular formula is C13H17BrClN3O. The minimum atomic E-state index is 0.104. The molecule has 2 rings (SSSR count). The third kappa shape index (κ3) is 3.75. The maximum atomic E-state index is 12.3. The minimum Gasteiger partial charge on any atom is -0.304 e. The number of likely N-dealkylation sites (N-methyl/N-ethyl adjacent to an activating group) is 1. The van der Waals surface area contributed by atoms with E-state index in [0.29, 0.717) is 27.4 Å². The van der Waals surface area contributed by atoms with E-state index in [2.05, 4.69) is 37.8 Å². The Morgan fingerprint density at radius 1 is 1.42 bits per heavy atom. The summed E-state index contributed by atoms with van der Waals surface area (Å²) >= 11 is 9.23. The monoisotopic (exact) mass is 345 g/mol. The molecule has 104 valence electrons. The molecule has 1 fully saturated rings. The summed E-state index contributed by atoms with van der Waals surface area (Å²) < 4.78 is 0.668. The zero-order chi connectivity index (χ0) is 14.0. The molecule has 4 nitrogen and oxygen atoms in total. The number of rotatable bonds is 3. The fraction of sp³-hybridized carbons (Fsp3) is 0.538. The summed E-state index contributed by atoms with van der Waals surface area (Å²) in [5, 5.41) is 0.397. The van der Waals surface area contributed by atoms with Gasteiger partial charge in [0.25, 0.3) is 0 Å². The van der Waals surface area contributed by atoms with Crippen LogP contribution in [-0.2, 0) is 0 Å². The molecule has 0 aliphatic carbocycles. The lowest BCUT2D eigenvalue weighted by Crippen LogP contribution is -2.46. The molecule has 0 radical (unpaired) electrons.